The van der Waals surface area contributed by atoms with Gasteiger partial charge in [0.15, 0.2) is 6.79 Å². The van der Waals surface area contributed by atoms with Crippen molar-refractivity contribution in [3.63, 3.8) is 0 Å². The minimum atomic E-state index is -2.92. The SMILES string of the molecule is COP(C)(=O)OCO. The Morgan fingerprint density at radius 3 is 2.38 bits per heavy atom. The van der Waals surface area contributed by atoms with Crippen molar-refractivity contribution in [2.24, 2.45) is 0 Å². The Hall–Kier alpha value is 0.110. The summed E-state index contributed by atoms with van der Waals surface area (Å²) in [5, 5.41) is 8.06. The molecule has 0 rings (SSSR count). The van der Waals surface area contributed by atoms with Crippen molar-refractivity contribution < 1.29 is 18.7 Å². The highest BCUT2D eigenvalue weighted by Gasteiger charge is 2.11. The van der Waals surface area contributed by atoms with Gasteiger partial charge in [0, 0.05) is 13.8 Å². The molecule has 0 aliphatic carbocycles. The average molecular weight is 140 g/mol. The van der Waals surface area contributed by atoms with Crippen molar-refractivity contribution in [2.45, 2.75) is 0 Å². The van der Waals surface area contributed by atoms with Gasteiger partial charge in [-0.3, -0.25) is 9.09 Å². The standard InChI is InChI=1S/C3H9O4P/c1-6-8(2,5)7-3-4/h4H,3H2,1-2H3. The van der Waals surface area contributed by atoms with Crippen LogP contribution in [0.4, 0.5) is 0 Å². The van der Waals surface area contributed by atoms with E-state index in [1.807, 2.05) is 0 Å². The van der Waals surface area contributed by atoms with E-state index in [1.54, 1.807) is 0 Å². The predicted molar refractivity (Wildman–Crippen MR) is 28.7 cm³/mol. The van der Waals surface area contributed by atoms with Gasteiger partial charge in [-0.25, -0.2) is 0 Å². The molecule has 0 radical (unpaired) electrons. The summed E-state index contributed by atoms with van der Waals surface area (Å²) in [4.78, 5) is 0. The molecule has 0 saturated carbocycles. The normalized spacial score (nSPS) is 17.9. The summed E-state index contributed by atoms with van der Waals surface area (Å²) in [6.07, 6.45) is 0. The fraction of sp³-hybridized carbons (Fsp3) is 1.00. The van der Waals surface area contributed by atoms with Crippen LogP contribution in [0.15, 0.2) is 0 Å². The summed E-state index contributed by atoms with van der Waals surface area (Å²) < 4.78 is 19.2. The van der Waals surface area contributed by atoms with Gasteiger partial charge >= 0.3 is 7.60 Å². The molecule has 0 aromatic heterocycles. The van der Waals surface area contributed by atoms with Gasteiger partial charge in [0.2, 0.25) is 0 Å². The van der Waals surface area contributed by atoms with Crippen LogP contribution in [0, 0.1) is 0 Å². The van der Waals surface area contributed by atoms with Crippen LogP contribution in [0.25, 0.3) is 0 Å². The van der Waals surface area contributed by atoms with E-state index >= 15 is 0 Å². The van der Waals surface area contributed by atoms with Gasteiger partial charge < -0.3 is 9.63 Å². The van der Waals surface area contributed by atoms with Gasteiger partial charge in [-0.2, -0.15) is 0 Å². The lowest BCUT2D eigenvalue weighted by atomic mass is 11.6. The third-order valence-electron chi connectivity index (χ3n) is 0.624. The molecule has 0 heterocycles. The highest BCUT2D eigenvalue weighted by atomic mass is 31.2. The second-order valence-corrected chi connectivity index (χ2v) is 3.38. The van der Waals surface area contributed by atoms with Gasteiger partial charge in [-0.1, -0.05) is 0 Å². The van der Waals surface area contributed by atoms with Crippen LogP contribution in [-0.2, 0) is 13.6 Å². The highest BCUT2D eigenvalue weighted by molar-refractivity contribution is 7.52. The molecule has 8 heavy (non-hydrogen) atoms. The fourth-order valence-electron chi connectivity index (χ4n) is 0.158. The maximum Gasteiger partial charge on any atom is 0.329 e. The Kier molecular flexibility index (Phi) is 3.24. The molecule has 0 spiro atoms. The molecule has 0 aromatic carbocycles. The Labute approximate surface area is 48.0 Å². The molecular formula is C3H9O4P. The third kappa shape index (κ3) is 3.16. The van der Waals surface area contributed by atoms with Crippen LogP contribution in [0.3, 0.4) is 0 Å². The summed E-state index contributed by atoms with van der Waals surface area (Å²) >= 11 is 0. The first-order valence-corrected chi connectivity index (χ1v) is 4.00. The molecule has 1 unspecified atom stereocenters. The average Bonchev–Trinajstić information content (AvgIpc) is 1.67. The zero-order valence-corrected chi connectivity index (χ0v) is 5.72. The molecule has 0 amide bonds. The quantitative estimate of drug-likeness (QED) is 0.456. The van der Waals surface area contributed by atoms with Crippen molar-refractivity contribution in [3.05, 3.63) is 0 Å². The number of aliphatic hydroxyl groups excluding tert-OH is 1. The summed E-state index contributed by atoms with van der Waals surface area (Å²) in [7, 11) is -1.66. The minimum absolute atomic E-state index is 0.568. The van der Waals surface area contributed by atoms with Crippen LogP contribution < -0.4 is 0 Å². The molecule has 0 aromatic rings. The molecule has 1 N–H and O–H groups in total. The zero-order chi connectivity index (χ0) is 6.62. The first kappa shape index (κ1) is 8.11. The topological polar surface area (TPSA) is 55.8 Å². The molecule has 4 nitrogen and oxygen atoms in total. The molecule has 0 bridgehead atoms. The van der Waals surface area contributed by atoms with Crippen LogP contribution in [0.5, 0.6) is 0 Å². The van der Waals surface area contributed by atoms with Crippen LogP contribution in [0.2, 0.25) is 0 Å². The fourth-order valence-corrected chi connectivity index (χ4v) is 0.473. The second kappa shape index (κ2) is 3.20. The maximum absolute atomic E-state index is 10.6. The van der Waals surface area contributed by atoms with Gasteiger partial charge in [0.1, 0.15) is 0 Å². The lowest BCUT2D eigenvalue weighted by molar-refractivity contribution is 0.0833. The number of hydrogen-bond acceptors (Lipinski definition) is 4. The third-order valence-corrected chi connectivity index (χ3v) is 1.87. The number of rotatable bonds is 3. The van der Waals surface area contributed by atoms with Gasteiger partial charge in [-0.05, 0) is 0 Å². The molecule has 0 saturated heterocycles. The predicted octanol–water partition coefficient (Wildman–Crippen LogP) is 0.422. The zero-order valence-electron chi connectivity index (χ0n) is 4.83. The first-order chi connectivity index (χ1) is 3.62. The van der Waals surface area contributed by atoms with E-state index in [1.165, 1.54) is 13.8 Å². The van der Waals surface area contributed by atoms with Crippen LogP contribution >= 0.6 is 7.60 Å². The van der Waals surface area contributed by atoms with Crippen molar-refractivity contribution >= 4 is 7.60 Å². The molecule has 0 fully saturated rings. The van der Waals surface area contributed by atoms with Gasteiger partial charge in [0.25, 0.3) is 0 Å². The van der Waals surface area contributed by atoms with Crippen LogP contribution in [-0.4, -0.2) is 25.7 Å². The lowest BCUT2D eigenvalue weighted by Crippen LogP contribution is -1.90. The lowest BCUT2D eigenvalue weighted by Gasteiger charge is -2.06. The number of hydrogen-bond donors (Lipinski definition) is 1. The molecule has 5 heteroatoms. The van der Waals surface area contributed by atoms with E-state index < -0.39 is 14.4 Å². The van der Waals surface area contributed by atoms with E-state index in [9.17, 15) is 4.57 Å². The Balaban J connectivity index is 3.55. The van der Waals surface area contributed by atoms with Gasteiger partial charge in [-0.15, -0.1) is 0 Å². The van der Waals surface area contributed by atoms with E-state index in [0.717, 1.165) is 0 Å². The van der Waals surface area contributed by atoms with E-state index in [0.29, 0.717) is 0 Å². The smallest absolute Gasteiger partial charge is 0.329 e. The van der Waals surface area contributed by atoms with E-state index in [2.05, 4.69) is 9.05 Å². The monoisotopic (exact) mass is 140 g/mol. The Morgan fingerprint density at radius 2 is 2.25 bits per heavy atom. The Bertz CT molecular complexity index is 101. The number of aliphatic hydroxyl groups is 1. The van der Waals surface area contributed by atoms with Crippen molar-refractivity contribution in [1.29, 1.82) is 0 Å². The second-order valence-electron chi connectivity index (χ2n) is 1.21. The Morgan fingerprint density at radius 1 is 1.75 bits per heavy atom. The van der Waals surface area contributed by atoms with Crippen molar-refractivity contribution in [1.82, 2.24) is 0 Å². The molecule has 1 atom stereocenters. The highest BCUT2D eigenvalue weighted by Crippen LogP contribution is 2.41. The minimum Gasteiger partial charge on any atom is -0.370 e. The molecule has 0 aliphatic rings. The van der Waals surface area contributed by atoms with E-state index in [-0.39, 0.29) is 0 Å². The maximum atomic E-state index is 10.6. The largest absolute Gasteiger partial charge is 0.370 e. The van der Waals surface area contributed by atoms with Crippen molar-refractivity contribution in [2.75, 3.05) is 20.6 Å². The molecular weight excluding hydrogens is 131 g/mol. The summed E-state index contributed by atoms with van der Waals surface area (Å²) in [6.45, 7) is 0.713. The van der Waals surface area contributed by atoms with Crippen LogP contribution in [0.1, 0.15) is 0 Å². The van der Waals surface area contributed by atoms with Crippen molar-refractivity contribution in [3.8, 4) is 0 Å². The molecule has 50 valence electrons. The first-order valence-electron chi connectivity index (χ1n) is 2.01. The molecule has 0 aliphatic heterocycles. The van der Waals surface area contributed by atoms with E-state index in [4.69, 9.17) is 5.11 Å². The summed E-state index contributed by atoms with van der Waals surface area (Å²) in [5.74, 6) is 0. The van der Waals surface area contributed by atoms with Gasteiger partial charge in [0.05, 0.1) is 0 Å². The summed E-state index contributed by atoms with van der Waals surface area (Å²) in [6, 6.07) is 0. The summed E-state index contributed by atoms with van der Waals surface area (Å²) in [5.41, 5.74) is 0.